The molecule has 0 aliphatic carbocycles. The van der Waals surface area contributed by atoms with Crippen LogP contribution in [0.4, 0.5) is 0 Å². The van der Waals surface area contributed by atoms with E-state index >= 15 is 0 Å². The maximum absolute atomic E-state index is 11.9. The molecule has 0 spiro atoms. The first-order chi connectivity index (χ1) is 7.63. The Morgan fingerprint density at radius 1 is 1.50 bits per heavy atom. The quantitative estimate of drug-likeness (QED) is 0.681. The Hall–Kier alpha value is -0.240. The number of halogens is 1. The summed E-state index contributed by atoms with van der Waals surface area (Å²) < 4.78 is 0. The molecule has 1 amide bonds. The van der Waals surface area contributed by atoms with Crippen LogP contribution in [0.2, 0.25) is 0 Å². The lowest BCUT2D eigenvalue weighted by atomic mass is 9.95. The highest BCUT2D eigenvalue weighted by molar-refractivity contribution is 6.17. The van der Waals surface area contributed by atoms with E-state index in [9.17, 15) is 4.79 Å². The molecule has 1 rings (SSSR count). The smallest absolute Gasteiger partial charge is 0.222 e. The fourth-order valence-corrected chi connectivity index (χ4v) is 2.56. The lowest BCUT2D eigenvalue weighted by Gasteiger charge is -2.32. The zero-order valence-electron chi connectivity index (χ0n) is 10.5. The summed E-state index contributed by atoms with van der Waals surface area (Å²) in [6.45, 7) is 6.22. The van der Waals surface area contributed by atoms with Crippen molar-refractivity contribution in [2.24, 2.45) is 11.8 Å². The highest BCUT2D eigenvalue weighted by Crippen LogP contribution is 2.21. The molecule has 0 aromatic rings. The van der Waals surface area contributed by atoms with Crippen molar-refractivity contribution in [3.63, 3.8) is 0 Å². The summed E-state index contributed by atoms with van der Waals surface area (Å²) >= 11 is 5.76. The Balaban J connectivity index is 2.32. The van der Waals surface area contributed by atoms with Crippen LogP contribution in [0.3, 0.4) is 0 Å². The van der Waals surface area contributed by atoms with E-state index < -0.39 is 0 Å². The first-order valence-corrected chi connectivity index (χ1v) is 7.00. The molecule has 16 heavy (non-hydrogen) atoms. The molecule has 0 N–H and O–H groups in total. The van der Waals surface area contributed by atoms with E-state index in [4.69, 9.17) is 11.6 Å². The second-order valence-electron chi connectivity index (χ2n) is 5.26. The van der Waals surface area contributed by atoms with Gasteiger partial charge in [0.1, 0.15) is 0 Å². The molecule has 1 fully saturated rings. The first kappa shape index (κ1) is 13.8. The average molecular weight is 246 g/mol. The number of likely N-dealkylation sites (tertiary alicyclic amines) is 1. The van der Waals surface area contributed by atoms with Gasteiger partial charge in [0.15, 0.2) is 0 Å². The number of carbonyl (C=O) groups is 1. The first-order valence-electron chi connectivity index (χ1n) is 6.47. The van der Waals surface area contributed by atoms with Gasteiger partial charge in [-0.1, -0.05) is 13.8 Å². The van der Waals surface area contributed by atoms with Crippen molar-refractivity contribution >= 4 is 17.5 Å². The molecule has 1 aliphatic rings. The van der Waals surface area contributed by atoms with Gasteiger partial charge in [-0.3, -0.25) is 4.79 Å². The minimum Gasteiger partial charge on any atom is -0.342 e. The maximum Gasteiger partial charge on any atom is 0.222 e. The molecule has 1 aliphatic heterocycles. The number of alkyl halides is 1. The molecular formula is C13H24ClNO. The number of hydrogen-bond acceptors (Lipinski definition) is 1. The summed E-state index contributed by atoms with van der Waals surface area (Å²) in [5, 5.41) is 0. The largest absolute Gasteiger partial charge is 0.342 e. The van der Waals surface area contributed by atoms with Crippen LogP contribution in [0.1, 0.15) is 46.0 Å². The number of carbonyl (C=O) groups excluding carboxylic acids is 1. The van der Waals surface area contributed by atoms with E-state index in [-0.39, 0.29) is 0 Å². The molecule has 2 nitrogen and oxygen atoms in total. The predicted octanol–water partition coefficient (Wildman–Crippen LogP) is 3.29. The van der Waals surface area contributed by atoms with Crippen LogP contribution in [-0.2, 0) is 4.79 Å². The van der Waals surface area contributed by atoms with Crippen LogP contribution in [0.5, 0.6) is 0 Å². The summed E-state index contributed by atoms with van der Waals surface area (Å²) in [5.41, 5.74) is 0. The van der Waals surface area contributed by atoms with Crippen molar-refractivity contribution in [2.75, 3.05) is 19.0 Å². The van der Waals surface area contributed by atoms with Crippen LogP contribution in [0, 0.1) is 11.8 Å². The Labute approximate surface area is 104 Å². The van der Waals surface area contributed by atoms with Gasteiger partial charge in [0.25, 0.3) is 0 Å². The second kappa shape index (κ2) is 7.16. The van der Waals surface area contributed by atoms with E-state index in [2.05, 4.69) is 13.8 Å². The van der Waals surface area contributed by atoms with Crippen molar-refractivity contribution in [1.29, 1.82) is 0 Å². The van der Waals surface area contributed by atoms with Crippen LogP contribution >= 0.6 is 11.6 Å². The number of hydrogen-bond donors (Lipinski definition) is 0. The van der Waals surface area contributed by atoms with E-state index in [1.807, 2.05) is 4.90 Å². The van der Waals surface area contributed by atoms with Crippen molar-refractivity contribution in [2.45, 2.75) is 46.0 Å². The number of rotatable bonds is 5. The molecule has 1 atom stereocenters. The Morgan fingerprint density at radius 3 is 2.88 bits per heavy atom. The zero-order valence-corrected chi connectivity index (χ0v) is 11.3. The lowest BCUT2D eigenvalue weighted by molar-refractivity contribution is -0.133. The van der Waals surface area contributed by atoms with Crippen LogP contribution in [0.25, 0.3) is 0 Å². The van der Waals surface area contributed by atoms with Gasteiger partial charge >= 0.3 is 0 Å². The molecule has 94 valence electrons. The third kappa shape index (κ3) is 4.73. The number of nitrogens with zero attached hydrogens (tertiary/aromatic N) is 1. The highest BCUT2D eigenvalue weighted by atomic mass is 35.5. The Bertz CT molecular complexity index is 216. The van der Waals surface area contributed by atoms with Gasteiger partial charge in [-0.2, -0.15) is 0 Å². The van der Waals surface area contributed by atoms with Crippen LogP contribution in [0.15, 0.2) is 0 Å². The van der Waals surface area contributed by atoms with Crippen molar-refractivity contribution in [3.05, 3.63) is 0 Å². The molecule has 3 heteroatoms. The molecule has 0 radical (unpaired) electrons. The van der Waals surface area contributed by atoms with Gasteiger partial charge in [-0.25, -0.2) is 0 Å². The summed E-state index contributed by atoms with van der Waals surface area (Å²) in [7, 11) is 0. The average Bonchev–Trinajstić information content (AvgIpc) is 2.26. The second-order valence-corrected chi connectivity index (χ2v) is 5.64. The van der Waals surface area contributed by atoms with Crippen LogP contribution in [-0.4, -0.2) is 29.8 Å². The molecule has 1 heterocycles. The van der Waals surface area contributed by atoms with Gasteiger partial charge in [-0.15, -0.1) is 11.6 Å². The van der Waals surface area contributed by atoms with Crippen molar-refractivity contribution < 1.29 is 4.79 Å². The standard InChI is InChI=1S/C13H24ClNO/c1-11(2)5-6-13(16)15-9-3-4-12(10-15)7-8-14/h11-12H,3-10H2,1-2H3. The molecule has 1 unspecified atom stereocenters. The molecule has 0 saturated carbocycles. The summed E-state index contributed by atoms with van der Waals surface area (Å²) in [6.07, 6.45) is 5.16. The van der Waals surface area contributed by atoms with Crippen LogP contribution < -0.4 is 0 Å². The fourth-order valence-electron chi connectivity index (χ4n) is 2.25. The Morgan fingerprint density at radius 2 is 2.25 bits per heavy atom. The highest BCUT2D eigenvalue weighted by Gasteiger charge is 2.22. The van der Waals surface area contributed by atoms with Gasteiger partial charge in [0.2, 0.25) is 5.91 Å². The Kier molecular flexibility index (Phi) is 6.18. The van der Waals surface area contributed by atoms with Crippen molar-refractivity contribution in [3.8, 4) is 0 Å². The molecule has 0 aromatic heterocycles. The number of amides is 1. The van der Waals surface area contributed by atoms with E-state index in [1.54, 1.807) is 0 Å². The lowest BCUT2D eigenvalue weighted by Crippen LogP contribution is -2.40. The minimum atomic E-state index is 0.341. The van der Waals surface area contributed by atoms with Gasteiger partial charge in [0.05, 0.1) is 0 Å². The minimum absolute atomic E-state index is 0.341. The van der Waals surface area contributed by atoms with Crippen molar-refractivity contribution in [1.82, 2.24) is 4.90 Å². The maximum atomic E-state index is 11.9. The molecular weight excluding hydrogens is 222 g/mol. The van der Waals surface area contributed by atoms with E-state index in [0.29, 0.717) is 24.2 Å². The molecule has 0 aromatic carbocycles. The van der Waals surface area contributed by atoms with E-state index in [1.165, 1.54) is 6.42 Å². The third-order valence-electron chi connectivity index (χ3n) is 3.32. The van der Waals surface area contributed by atoms with Gasteiger partial charge in [-0.05, 0) is 37.5 Å². The predicted molar refractivity (Wildman–Crippen MR) is 68.7 cm³/mol. The molecule has 1 saturated heterocycles. The third-order valence-corrected chi connectivity index (χ3v) is 3.54. The van der Waals surface area contributed by atoms with Gasteiger partial charge < -0.3 is 4.90 Å². The fraction of sp³-hybridized carbons (Fsp3) is 0.923. The number of piperidine rings is 1. The topological polar surface area (TPSA) is 20.3 Å². The van der Waals surface area contributed by atoms with E-state index in [0.717, 1.165) is 38.2 Å². The SMILES string of the molecule is CC(C)CCC(=O)N1CCCC(CCCl)C1. The summed E-state index contributed by atoms with van der Waals surface area (Å²) in [5.74, 6) is 2.31. The summed E-state index contributed by atoms with van der Waals surface area (Å²) in [4.78, 5) is 14.0. The summed E-state index contributed by atoms with van der Waals surface area (Å²) in [6, 6.07) is 0. The monoisotopic (exact) mass is 245 g/mol. The van der Waals surface area contributed by atoms with Gasteiger partial charge in [0, 0.05) is 25.4 Å². The normalized spacial score (nSPS) is 21.5. The zero-order chi connectivity index (χ0) is 12.0. The molecule has 0 bridgehead atoms.